The summed E-state index contributed by atoms with van der Waals surface area (Å²) in [5, 5.41) is 3.75. The first-order valence-electron chi connectivity index (χ1n) is 4.50. The summed E-state index contributed by atoms with van der Waals surface area (Å²) >= 11 is 8.57. The molecular weight excluding hydrogens is 264 g/mol. The van der Waals surface area contributed by atoms with Crippen LogP contribution in [0.25, 0.3) is 10.2 Å². The van der Waals surface area contributed by atoms with E-state index in [0.717, 1.165) is 4.83 Å². The van der Waals surface area contributed by atoms with E-state index in [1.165, 1.54) is 23.1 Å². The van der Waals surface area contributed by atoms with Crippen molar-refractivity contribution < 1.29 is 0 Å². The smallest absolute Gasteiger partial charge is 0.262 e. The zero-order chi connectivity index (χ0) is 11.7. The van der Waals surface area contributed by atoms with Crippen LogP contribution in [0, 0.1) is 0 Å². The molecule has 2 rings (SSSR count). The Balaban J connectivity index is 2.49. The van der Waals surface area contributed by atoms with Crippen LogP contribution in [0.2, 0.25) is 0 Å². The van der Waals surface area contributed by atoms with Gasteiger partial charge in [0.2, 0.25) is 0 Å². The minimum atomic E-state index is -0.0195. The van der Waals surface area contributed by atoms with Gasteiger partial charge in [-0.2, -0.15) is 0 Å². The van der Waals surface area contributed by atoms with Crippen LogP contribution in [0.1, 0.15) is 0 Å². The van der Waals surface area contributed by atoms with Crippen LogP contribution >= 0.6 is 34.7 Å². The number of halogens is 1. The van der Waals surface area contributed by atoms with Gasteiger partial charge < -0.3 is 0 Å². The van der Waals surface area contributed by atoms with Crippen molar-refractivity contribution in [3.05, 3.63) is 33.4 Å². The Hall–Kier alpha value is -0.780. The SMILES string of the molecule is C=C(Cl)CSc1nc2sccc2c(=O)n1C. The van der Waals surface area contributed by atoms with E-state index < -0.39 is 0 Å². The first-order valence-corrected chi connectivity index (χ1v) is 6.74. The van der Waals surface area contributed by atoms with E-state index in [0.29, 0.717) is 21.3 Å². The summed E-state index contributed by atoms with van der Waals surface area (Å²) in [6.45, 7) is 3.61. The molecular formula is C10H9ClN2OS2. The highest BCUT2D eigenvalue weighted by Gasteiger charge is 2.09. The first kappa shape index (κ1) is 11.7. The molecule has 0 unspecified atom stereocenters. The fraction of sp³-hybridized carbons (Fsp3) is 0.200. The number of thiophene rings is 1. The number of hydrogen-bond acceptors (Lipinski definition) is 4. The molecule has 2 aromatic rings. The predicted molar refractivity (Wildman–Crippen MR) is 70.6 cm³/mol. The molecule has 2 heterocycles. The summed E-state index contributed by atoms with van der Waals surface area (Å²) in [6.07, 6.45) is 0. The van der Waals surface area contributed by atoms with Gasteiger partial charge in [-0.05, 0) is 11.4 Å². The third kappa shape index (κ3) is 2.16. The summed E-state index contributed by atoms with van der Waals surface area (Å²) < 4.78 is 1.54. The molecule has 0 saturated heterocycles. The van der Waals surface area contributed by atoms with Crippen molar-refractivity contribution in [2.45, 2.75) is 5.16 Å². The molecule has 0 aliphatic heterocycles. The standard InChI is InChI=1S/C10H9ClN2OS2/c1-6(11)5-16-10-12-8-7(3-4-15-8)9(14)13(10)2/h3-4H,1,5H2,2H3. The van der Waals surface area contributed by atoms with Gasteiger partial charge in [0.15, 0.2) is 5.16 Å². The van der Waals surface area contributed by atoms with E-state index in [9.17, 15) is 4.79 Å². The number of nitrogens with zero attached hydrogens (tertiary/aromatic N) is 2. The maximum absolute atomic E-state index is 11.9. The van der Waals surface area contributed by atoms with Crippen LogP contribution in [0.15, 0.2) is 33.0 Å². The number of thioether (sulfide) groups is 1. The molecule has 0 fully saturated rings. The first-order chi connectivity index (χ1) is 7.59. The second kappa shape index (κ2) is 4.61. The van der Waals surface area contributed by atoms with Crippen molar-refractivity contribution >= 4 is 44.9 Å². The van der Waals surface area contributed by atoms with E-state index in [4.69, 9.17) is 11.6 Å². The number of hydrogen-bond donors (Lipinski definition) is 0. The minimum Gasteiger partial charge on any atom is -0.290 e. The van der Waals surface area contributed by atoms with E-state index in [2.05, 4.69) is 11.6 Å². The molecule has 6 heteroatoms. The van der Waals surface area contributed by atoms with Crippen molar-refractivity contribution in [1.82, 2.24) is 9.55 Å². The minimum absolute atomic E-state index is 0.0195. The van der Waals surface area contributed by atoms with Gasteiger partial charge in [0, 0.05) is 17.8 Å². The van der Waals surface area contributed by atoms with Crippen LogP contribution in [0.5, 0.6) is 0 Å². The monoisotopic (exact) mass is 272 g/mol. The molecule has 0 aromatic carbocycles. The Morgan fingerprint density at radius 2 is 2.50 bits per heavy atom. The fourth-order valence-electron chi connectivity index (χ4n) is 1.25. The lowest BCUT2D eigenvalue weighted by molar-refractivity contribution is 0.728. The Morgan fingerprint density at radius 1 is 1.75 bits per heavy atom. The molecule has 0 saturated carbocycles. The van der Waals surface area contributed by atoms with Crippen LogP contribution in [0.3, 0.4) is 0 Å². The van der Waals surface area contributed by atoms with Crippen LogP contribution in [-0.2, 0) is 7.05 Å². The predicted octanol–water partition coefficient (Wildman–Crippen LogP) is 2.84. The lowest BCUT2D eigenvalue weighted by Gasteiger charge is -2.05. The lowest BCUT2D eigenvalue weighted by Crippen LogP contribution is -2.19. The molecule has 0 radical (unpaired) electrons. The van der Waals surface area contributed by atoms with E-state index in [1.807, 2.05) is 5.38 Å². The van der Waals surface area contributed by atoms with Gasteiger partial charge in [-0.3, -0.25) is 9.36 Å². The van der Waals surface area contributed by atoms with Gasteiger partial charge in [-0.15, -0.1) is 11.3 Å². The summed E-state index contributed by atoms with van der Waals surface area (Å²) in [5.74, 6) is 0.554. The Kier molecular flexibility index (Phi) is 3.37. The molecule has 16 heavy (non-hydrogen) atoms. The summed E-state index contributed by atoms with van der Waals surface area (Å²) in [4.78, 5) is 17.1. The molecule has 0 aliphatic carbocycles. The quantitative estimate of drug-likeness (QED) is 0.637. The largest absolute Gasteiger partial charge is 0.290 e. The molecule has 0 bridgehead atoms. The highest BCUT2D eigenvalue weighted by atomic mass is 35.5. The number of rotatable bonds is 3. The lowest BCUT2D eigenvalue weighted by atomic mass is 10.4. The van der Waals surface area contributed by atoms with E-state index in [-0.39, 0.29) is 5.56 Å². The van der Waals surface area contributed by atoms with Crippen molar-refractivity contribution in [2.24, 2.45) is 7.05 Å². The van der Waals surface area contributed by atoms with E-state index >= 15 is 0 Å². The highest BCUT2D eigenvalue weighted by Crippen LogP contribution is 2.22. The van der Waals surface area contributed by atoms with Gasteiger partial charge in [0.05, 0.1) is 5.39 Å². The molecule has 0 aliphatic rings. The molecule has 0 N–H and O–H groups in total. The topological polar surface area (TPSA) is 34.9 Å². The fourth-order valence-corrected chi connectivity index (χ4v) is 2.95. The van der Waals surface area contributed by atoms with Gasteiger partial charge in [-0.25, -0.2) is 4.98 Å². The van der Waals surface area contributed by atoms with Gasteiger partial charge in [-0.1, -0.05) is 29.9 Å². The number of aromatic nitrogens is 2. The van der Waals surface area contributed by atoms with Crippen molar-refractivity contribution in [3.63, 3.8) is 0 Å². The van der Waals surface area contributed by atoms with Crippen LogP contribution < -0.4 is 5.56 Å². The molecule has 0 amide bonds. The van der Waals surface area contributed by atoms with Crippen LogP contribution in [0.4, 0.5) is 0 Å². The van der Waals surface area contributed by atoms with Gasteiger partial charge in [0.1, 0.15) is 4.83 Å². The summed E-state index contributed by atoms with van der Waals surface area (Å²) in [5.41, 5.74) is -0.0195. The Bertz CT molecular complexity index is 602. The Morgan fingerprint density at radius 3 is 3.19 bits per heavy atom. The zero-order valence-corrected chi connectivity index (χ0v) is 11.0. The molecule has 2 aromatic heterocycles. The van der Waals surface area contributed by atoms with Crippen molar-refractivity contribution in [1.29, 1.82) is 0 Å². The van der Waals surface area contributed by atoms with Crippen molar-refractivity contribution in [2.75, 3.05) is 5.75 Å². The molecule has 0 spiro atoms. The van der Waals surface area contributed by atoms with Gasteiger partial charge in [0.25, 0.3) is 5.56 Å². The maximum atomic E-state index is 11.9. The number of fused-ring (bicyclic) bond motifs is 1. The van der Waals surface area contributed by atoms with Crippen molar-refractivity contribution in [3.8, 4) is 0 Å². The zero-order valence-electron chi connectivity index (χ0n) is 8.57. The maximum Gasteiger partial charge on any atom is 0.262 e. The third-order valence-electron chi connectivity index (χ3n) is 2.02. The summed E-state index contributed by atoms with van der Waals surface area (Å²) in [6, 6.07) is 1.80. The third-order valence-corrected chi connectivity index (χ3v) is 4.24. The van der Waals surface area contributed by atoms with Crippen LogP contribution in [-0.4, -0.2) is 15.3 Å². The average molecular weight is 273 g/mol. The summed E-state index contributed by atoms with van der Waals surface area (Å²) in [7, 11) is 1.71. The molecule has 84 valence electrons. The Labute approximate surface area is 106 Å². The normalized spacial score (nSPS) is 10.9. The molecule has 3 nitrogen and oxygen atoms in total. The van der Waals surface area contributed by atoms with Gasteiger partial charge >= 0.3 is 0 Å². The van der Waals surface area contributed by atoms with E-state index in [1.54, 1.807) is 17.7 Å². The highest BCUT2D eigenvalue weighted by molar-refractivity contribution is 7.99. The average Bonchev–Trinajstić information content (AvgIpc) is 2.69. The second-order valence-corrected chi connectivity index (χ2v) is 5.58. The molecule has 0 atom stereocenters. The second-order valence-electron chi connectivity index (χ2n) is 3.20.